The third kappa shape index (κ3) is 13.6. The topological polar surface area (TPSA) is 95.8 Å². The van der Waals surface area contributed by atoms with Crippen molar-refractivity contribution < 1.29 is 28.5 Å². The number of hydrogen-bond donors (Lipinski definition) is 0. The van der Waals surface area contributed by atoms with E-state index in [1.807, 2.05) is 24.3 Å². The summed E-state index contributed by atoms with van der Waals surface area (Å²) in [5.41, 5.74) is 3.33. The van der Waals surface area contributed by atoms with Gasteiger partial charge in [0.2, 0.25) is 0 Å². The van der Waals surface area contributed by atoms with Gasteiger partial charge >= 0.3 is 11.9 Å². The van der Waals surface area contributed by atoms with Crippen molar-refractivity contribution in [1.29, 1.82) is 0 Å². The SMILES string of the molecule is CCCCCCOc1ccc(N=Cc2ccc(C(=O)Oc3cc(OC(=O)c4ccc(C=Nc5ccc(OCCCCCC)c(Cl)c5)cc4)c(Cl)cc3Cl)cc2)cc1Cl. The van der Waals surface area contributed by atoms with Gasteiger partial charge in [-0.3, -0.25) is 9.98 Å². The van der Waals surface area contributed by atoms with E-state index in [2.05, 4.69) is 23.8 Å². The number of nitrogens with zero attached hydrogens (tertiary/aromatic N) is 2. The average Bonchev–Trinajstić information content (AvgIpc) is 3.22. The van der Waals surface area contributed by atoms with Gasteiger partial charge in [-0.25, -0.2) is 9.59 Å². The molecule has 0 heterocycles. The van der Waals surface area contributed by atoms with Crippen molar-refractivity contribution in [2.24, 2.45) is 9.98 Å². The summed E-state index contributed by atoms with van der Waals surface area (Å²) in [5.74, 6) is -0.168. The number of ether oxygens (including phenoxy) is 4. The summed E-state index contributed by atoms with van der Waals surface area (Å²) in [7, 11) is 0. The molecule has 0 spiro atoms. The van der Waals surface area contributed by atoms with Gasteiger partial charge in [0, 0.05) is 18.5 Å². The Morgan fingerprint density at radius 1 is 0.483 bits per heavy atom. The Bertz CT molecular complexity index is 2060. The van der Waals surface area contributed by atoms with Crippen LogP contribution in [-0.2, 0) is 0 Å². The van der Waals surface area contributed by atoms with Gasteiger partial charge in [-0.15, -0.1) is 0 Å². The van der Waals surface area contributed by atoms with Crippen LogP contribution in [0, 0.1) is 0 Å². The molecule has 5 aromatic rings. The number of benzene rings is 5. The third-order valence-electron chi connectivity index (χ3n) is 8.75. The average molecular weight is 863 g/mol. The van der Waals surface area contributed by atoms with E-state index in [9.17, 15) is 9.59 Å². The zero-order chi connectivity index (χ0) is 41.3. The van der Waals surface area contributed by atoms with Crippen LogP contribution in [0.15, 0.2) is 107 Å². The molecule has 58 heavy (non-hydrogen) atoms. The molecular weight excluding hydrogens is 818 g/mol. The molecule has 0 unspecified atom stereocenters. The maximum atomic E-state index is 13.1. The molecule has 12 heteroatoms. The van der Waals surface area contributed by atoms with Crippen molar-refractivity contribution in [3.63, 3.8) is 0 Å². The molecule has 0 amide bonds. The molecule has 5 aromatic carbocycles. The molecule has 0 aliphatic heterocycles. The lowest BCUT2D eigenvalue weighted by molar-refractivity contribution is 0.0733. The van der Waals surface area contributed by atoms with Gasteiger partial charge in [0.15, 0.2) is 11.5 Å². The molecule has 0 saturated heterocycles. The van der Waals surface area contributed by atoms with Crippen molar-refractivity contribution in [3.05, 3.63) is 139 Å². The number of aliphatic imine (C=N–C) groups is 2. The summed E-state index contributed by atoms with van der Waals surface area (Å²) in [6, 6.07) is 26.7. The molecule has 0 atom stereocenters. The number of unbranched alkanes of at least 4 members (excludes halogenated alkanes) is 6. The summed E-state index contributed by atoms with van der Waals surface area (Å²) in [6.45, 7) is 5.57. The van der Waals surface area contributed by atoms with Crippen LogP contribution >= 0.6 is 46.4 Å². The number of hydrogen-bond acceptors (Lipinski definition) is 8. The van der Waals surface area contributed by atoms with Gasteiger partial charge < -0.3 is 18.9 Å². The second-order valence-corrected chi connectivity index (χ2v) is 14.9. The van der Waals surface area contributed by atoms with Gasteiger partial charge in [0.1, 0.15) is 11.5 Å². The highest BCUT2D eigenvalue weighted by atomic mass is 35.5. The monoisotopic (exact) mass is 860 g/mol. The summed E-state index contributed by atoms with van der Waals surface area (Å²) in [4.78, 5) is 35.1. The van der Waals surface area contributed by atoms with Gasteiger partial charge in [-0.1, -0.05) is 123 Å². The van der Waals surface area contributed by atoms with Crippen LogP contribution in [0.3, 0.4) is 0 Å². The highest BCUT2D eigenvalue weighted by Crippen LogP contribution is 2.37. The Balaban J connectivity index is 1.14. The summed E-state index contributed by atoms with van der Waals surface area (Å²) >= 11 is 25.5. The van der Waals surface area contributed by atoms with Gasteiger partial charge in [-0.05, 0) is 90.7 Å². The highest BCUT2D eigenvalue weighted by Gasteiger charge is 2.18. The van der Waals surface area contributed by atoms with Crippen LogP contribution in [0.4, 0.5) is 11.4 Å². The number of rotatable bonds is 20. The zero-order valence-corrected chi connectivity index (χ0v) is 35.3. The lowest BCUT2D eigenvalue weighted by Gasteiger charge is -2.11. The number of esters is 2. The normalized spacial score (nSPS) is 11.3. The van der Waals surface area contributed by atoms with E-state index in [-0.39, 0.29) is 32.7 Å². The van der Waals surface area contributed by atoms with Crippen LogP contribution in [0.5, 0.6) is 23.0 Å². The van der Waals surface area contributed by atoms with Gasteiger partial charge in [-0.2, -0.15) is 0 Å². The Labute approximate surface area is 359 Å². The number of carbonyl (C=O) groups is 2. The molecule has 8 nitrogen and oxygen atoms in total. The molecule has 0 radical (unpaired) electrons. The molecule has 5 rings (SSSR count). The minimum absolute atomic E-state index is 0.0343. The van der Waals surface area contributed by atoms with Crippen molar-refractivity contribution >= 4 is 82.1 Å². The first-order chi connectivity index (χ1) is 28.1. The fourth-order valence-electron chi connectivity index (χ4n) is 5.49. The van der Waals surface area contributed by atoms with Crippen LogP contribution < -0.4 is 18.9 Å². The van der Waals surface area contributed by atoms with E-state index in [0.717, 1.165) is 36.8 Å². The molecule has 0 aliphatic rings. The van der Waals surface area contributed by atoms with E-state index in [1.54, 1.807) is 73.1 Å². The largest absolute Gasteiger partial charge is 0.492 e. The summed E-state index contributed by atoms with van der Waals surface area (Å²) in [6.07, 6.45) is 12.2. The first-order valence-corrected chi connectivity index (χ1v) is 20.7. The standard InChI is InChI=1S/C46H44Cl4N2O6/c1-3-5-7-9-23-55-41-21-19-35(25-37(41)47)51-29-31-11-15-33(16-12-31)45(53)57-43-28-44(40(50)27-39(43)49)58-46(54)34-17-13-32(14-18-34)30-52-36-20-22-42(38(48)26-36)56-24-10-8-6-4-2/h11-22,25-30H,3-10,23-24H2,1-2H3. The minimum atomic E-state index is -0.677. The molecule has 302 valence electrons. The van der Waals surface area contributed by atoms with E-state index < -0.39 is 11.9 Å². The van der Waals surface area contributed by atoms with Crippen molar-refractivity contribution in [2.75, 3.05) is 13.2 Å². The fraction of sp³-hybridized carbons (Fsp3) is 0.261. The molecule has 0 fully saturated rings. The Morgan fingerprint density at radius 3 is 1.26 bits per heavy atom. The van der Waals surface area contributed by atoms with Crippen LogP contribution in [0.2, 0.25) is 20.1 Å². The Kier molecular flexibility index (Phi) is 17.5. The predicted molar refractivity (Wildman–Crippen MR) is 236 cm³/mol. The van der Waals surface area contributed by atoms with E-state index in [1.165, 1.54) is 37.8 Å². The molecule has 0 N–H and O–H groups in total. The van der Waals surface area contributed by atoms with Crippen LogP contribution in [0.25, 0.3) is 0 Å². The molecule has 0 bridgehead atoms. The molecule has 0 aliphatic carbocycles. The predicted octanol–water partition coefficient (Wildman–Crippen LogP) is 14.2. The van der Waals surface area contributed by atoms with E-state index in [0.29, 0.717) is 46.1 Å². The third-order valence-corrected chi connectivity index (χ3v) is 9.93. The molecule has 0 saturated carbocycles. The maximum Gasteiger partial charge on any atom is 0.343 e. The quantitative estimate of drug-likeness (QED) is 0.0335. The fourth-order valence-corrected chi connectivity index (χ4v) is 6.41. The Hall–Kier alpha value is -4.86. The van der Waals surface area contributed by atoms with Crippen molar-refractivity contribution in [2.45, 2.75) is 65.2 Å². The summed E-state index contributed by atoms with van der Waals surface area (Å²) in [5, 5.41) is 1.09. The first-order valence-electron chi connectivity index (χ1n) is 19.2. The van der Waals surface area contributed by atoms with Gasteiger partial charge in [0.05, 0.1) is 55.8 Å². The highest BCUT2D eigenvalue weighted by molar-refractivity contribution is 6.36. The lowest BCUT2D eigenvalue weighted by Crippen LogP contribution is -2.11. The van der Waals surface area contributed by atoms with E-state index in [4.69, 9.17) is 65.4 Å². The number of halogens is 4. The smallest absolute Gasteiger partial charge is 0.343 e. The molecular formula is C46H44Cl4N2O6. The molecule has 0 aromatic heterocycles. The van der Waals surface area contributed by atoms with Crippen LogP contribution in [-0.4, -0.2) is 37.6 Å². The van der Waals surface area contributed by atoms with Crippen LogP contribution in [0.1, 0.15) is 97.1 Å². The van der Waals surface area contributed by atoms with Crippen molar-refractivity contribution in [3.8, 4) is 23.0 Å². The second kappa shape index (κ2) is 22.9. The van der Waals surface area contributed by atoms with E-state index >= 15 is 0 Å². The zero-order valence-electron chi connectivity index (χ0n) is 32.3. The Morgan fingerprint density at radius 2 is 0.879 bits per heavy atom. The lowest BCUT2D eigenvalue weighted by atomic mass is 10.1. The van der Waals surface area contributed by atoms with Crippen molar-refractivity contribution in [1.82, 2.24) is 0 Å². The maximum absolute atomic E-state index is 13.1. The minimum Gasteiger partial charge on any atom is -0.492 e. The number of carbonyl (C=O) groups excluding carboxylic acids is 2. The van der Waals surface area contributed by atoms with Gasteiger partial charge in [0.25, 0.3) is 0 Å². The second-order valence-electron chi connectivity index (χ2n) is 13.3. The first kappa shape index (κ1) is 44.2. The summed E-state index contributed by atoms with van der Waals surface area (Å²) < 4.78 is 22.7.